The van der Waals surface area contributed by atoms with Gasteiger partial charge in [-0.2, -0.15) is 13.2 Å². The molecule has 29 heavy (non-hydrogen) atoms. The Morgan fingerprint density at radius 1 is 0.828 bits per heavy atom. The van der Waals surface area contributed by atoms with Crippen molar-refractivity contribution in [1.29, 1.82) is 0 Å². The largest absolute Gasteiger partial charge is 0.416 e. The normalized spacial score (nSPS) is 15.1. The number of hydrogen-bond acceptors (Lipinski definition) is 2. The van der Waals surface area contributed by atoms with Crippen LogP contribution < -0.4 is 0 Å². The molecular formula is C22H23F3N2O2. The van der Waals surface area contributed by atoms with Crippen LogP contribution in [0.15, 0.2) is 54.6 Å². The third kappa shape index (κ3) is 5.59. The van der Waals surface area contributed by atoms with Gasteiger partial charge < -0.3 is 9.80 Å². The Balaban J connectivity index is 1.51. The van der Waals surface area contributed by atoms with Crippen molar-refractivity contribution in [3.05, 3.63) is 71.3 Å². The number of hydrogen-bond donors (Lipinski definition) is 0. The SMILES string of the molecule is O=C(CCc1ccc(C(F)(F)F)cc1)N1CCCN(C(=O)c2ccccc2)CC1. The number of nitrogens with zero attached hydrogens (tertiary/aromatic N) is 2. The maximum Gasteiger partial charge on any atom is 0.416 e. The van der Waals surface area contributed by atoms with E-state index in [0.717, 1.165) is 12.1 Å². The Morgan fingerprint density at radius 3 is 2.10 bits per heavy atom. The zero-order valence-electron chi connectivity index (χ0n) is 16.0. The first kappa shape index (κ1) is 20.9. The van der Waals surface area contributed by atoms with Gasteiger partial charge in [0.2, 0.25) is 5.91 Å². The summed E-state index contributed by atoms with van der Waals surface area (Å²) in [6.45, 7) is 2.10. The van der Waals surface area contributed by atoms with Crippen LogP contribution in [0.4, 0.5) is 13.2 Å². The van der Waals surface area contributed by atoms with Gasteiger partial charge in [-0.25, -0.2) is 0 Å². The number of carbonyl (C=O) groups excluding carboxylic acids is 2. The lowest BCUT2D eigenvalue weighted by Crippen LogP contribution is -2.37. The van der Waals surface area contributed by atoms with Crippen LogP contribution in [0.1, 0.15) is 34.3 Å². The molecule has 0 unspecified atom stereocenters. The molecule has 0 bridgehead atoms. The standard InChI is InChI=1S/C22H23F3N2O2/c23-22(24,25)19-10-7-17(8-11-19)9-12-20(28)26-13-4-14-27(16-15-26)21(29)18-5-2-1-3-6-18/h1-3,5-8,10-11H,4,9,12-16H2. The number of alkyl halides is 3. The number of carbonyl (C=O) groups is 2. The second-order valence-corrected chi connectivity index (χ2v) is 7.09. The van der Waals surface area contributed by atoms with E-state index < -0.39 is 11.7 Å². The van der Waals surface area contributed by atoms with Gasteiger partial charge in [-0.3, -0.25) is 9.59 Å². The summed E-state index contributed by atoms with van der Waals surface area (Å²) in [5.74, 6) is -0.0800. The quantitative estimate of drug-likeness (QED) is 0.773. The molecule has 1 aliphatic heterocycles. The highest BCUT2D eigenvalue weighted by molar-refractivity contribution is 5.94. The summed E-state index contributed by atoms with van der Waals surface area (Å²) in [5, 5.41) is 0. The summed E-state index contributed by atoms with van der Waals surface area (Å²) in [6.07, 6.45) is -3.04. The predicted molar refractivity (Wildman–Crippen MR) is 103 cm³/mol. The van der Waals surface area contributed by atoms with Gasteiger partial charge >= 0.3 is 6.18 Å². The molecule has 154 valence electrons. The van der Waals surface area contributed by atoms with Crippen molar-refractivity contribution < 1.29 is 22.8 Å². The highest BCUT2D eigenvalue weighted by atomic mass is 19.4. The Morgan fingerprint density at radius 2 is 1.45 bits per heavy atom. The van der Waals surface area contributed by atoms with E-state index in [0.29, 0.717) is 50.1 Å². The number of aryl methyl sites for hydroxylation is 1. The lowest BCUT2D eigenvalue weighted by molar-refractivity contribution is -0.137. The summed E-state index contributed by atoms with van der Waals surface area (Å²) in [7, 11) is 0. The summed E-state index contributed by atoms with van der Waals surface area (Å²) in [4.78, 5) is 28.6. The van der Waals surface area contributed by atoms with Crippen LogP contribution in [0, 0.1) is 0 Å². The van der Waals surface area contributed by atoms with Gasteiger partial charge in [-0.05, 0) is 42.7 Å². The van der Waals surface area contributed by atoms with E-state index in [4.69, 9.17) is 0 Å². The molecule has 0 aliphatic carbocycles. The Bertz CT molecular complexity index is 835. The average molecular weight is 404 g/mol. The van der Waals surface area contributed by atoms with Crippen LogP contribution in [-0.2, 0) is 17.4 Å². The molecule has 0 saturated carbocycles. The van der Waals surface area contributed by atoms with E-state index in [-0.39, 0.29) is 18.2 Å². The Kier molecular flexibility index (Phi) is 6.56. The number of amides is 2. The van der Waals surface area contributed by atoms with Gasteiger partial charge in [-0.1, -0.05) is 30.3 Å². The summed E-state index contributed by atoms with van der Waals surface area (Å²) in [5.41, 5.74) is 0.639. The maximum absolute atomic E-state index is 12.6. The van der Waals surface area contributed by atoms with E-state index in [1.165, 1.54) is 12.1 Å². The molecule has 7 heteroatoms. The fourth-order valence-corrected chi connectivity index (χ4v) is 3.40. The highest BCUT2D eigenvalue weighted by Crippen LogP contribution is 2.29. The molecule has 0 aromatic heterocycles. The summed E-state index contributed by atoms with van der Waals surface area (Å²) in [6, 6.07) is 14.0. The first-order valence-electron chi connectivity index (χ1n) is 9.63. The molecule has 1 heterocycles. The molecule has 0 atom stereocenters. The Labute approximate surface area is 167 Å². The number of rotatable bonds is 4. The third-order valence-electron chi connectivity index (χ3n) is 5.07. The molecule has 0 N–H and O–H groups in total. The van der Waals surface area contributed by atoms with Gasteiger partial charge in [0.05, 0.1) is 5.56 Å². The van der Waals surface area contributed by atoms with Gasteiger partial charge in [0, 0.05) is 38.2 Å². The topological polar surface area (TPSA) is 40.6 Å². The van der Waals surface area contributed by atoms with Crippen LogP contribution >= 0.6 is 0 Å². The molecule has 0 spiro atoms. The summed E-state index contributed by atoms with van der Waals surface area (Å²) < 4.78 is 37.9. The van der Waals surface area contributed by atoms with Crippen LogP contribution in [0.2, 0.25) is 0 Å². The Hall–Kier alpha value is -2.83. The minimum Gasteiger partial charge on any atom is -0.341 e. The molecule has 1 aliphatic rings. The highest BCUT2D eigenvalue weighted by Gasteiger charge is 2.30. The van der Waals surface area contributed by atoms with Gasteiger partial charge in [0.15, 0.2) is 0 Å². The van der Waals surface area contributed by atoms with Crippen LogP contribution in [0.5, 0.6) is 0 Å². The van der Waals surface area contributed by atoms with E-state index in [1.807, 2.05) is 18.2 Å². The van der Waals surface area contributed by atoms with E-state index >= 15 is 0 Å². The van der Waals surface area contributed by atoms with Crippen LogP contribution in [-0.4, -0.2) is 47.8 Å². The van der Waals surface area contributed by atoms with E-state index in [2.05, 4.69) is 0 Å². The maximum atomic E-state index is 12.6. The predicted octanol–water partition coefficient (Wildman–Crippen LogP) is 4.01. The van der Waals surface area contributed by atoms with Gasteiger partial charge in [0.25, 0.3) is 5.91 Å². The zero-order valence-corrected chi connectivity index (χ0v) is 16.0. The average Bonchev–Trinajstić information content (AvgIpc) is 2.98. The van der Waals surface area contributed by atoms with Crippen molar-refractivity contribution in [2.75, 3.05) is 26.2 Å². The van der Waals surface area contributed by atoms with Crippen molar-refractivity contribution in [2.45, 2.75) is 25.4 Å². The molecular weight excluding hydrogens is 381 g/mol. The minimum absolute atomic E-state index is 0.0374. The van der Waals surface area contributed by atoms with Crippen molar-refractivity contribution >= 4 is 11.8 Å². The fraction of sp³-hybridized carbons (Fsp3) is 0.364. The minimum atomic E-state index is -4.36. The second-order valence-electron chi connectivity index (χ2n) is 7.09. The first-order valence-corrected chi connectivity index (χ1v) is 9.63. The lowest BCUT2D eigenvalue weighted by Gasteiger charge is -2.22. The van der Waals surface area contributed by atoms with Crippen molar-refractivity contribution in [1.82, 2.24) is 9.80 Å². The van der Waals surface area contributed by atoms with Gasteiger partial charge in [-0.15, -0.1) is 0 Å². The van der Waals surface area contributed by atoms with E-state index in [1.54, 1.807) is 21.9 Å². The lowest BCUT2D eigenvalue weighted by atomic mass is 10.1. The molecule has 1 fully saturated rings. The molecule has 4 nitrogen and oxygen atoms in total. The molecule has 2 amide bonds. The van der Waals surface area contributed by atoms with Crippen LogP contribution in [0.3, 0.4) is 0 Å². The molecule has 1 saturated heterocycles. The second kappa shape index (κ2) is 9.11. The molecule has 3 rings (SSSR count). The van der Waals surface area contributed by atoms with Crippen molar-refractivity contribution in [3.63, 3.8) is 0 Å². The molecule has 2 aromatic rings. The zero-order chi connectivity index (χ0) is 20.9. The first-order chi connectivity index (χ1) is 13.8. The smallest absolute Gasteiger partial charge is 0.341 e. The number of halogens is 3. The third-order valence-corrected chi connectivity index (χ3v) is 5.07. The van der Waals surface area contributed by atoms with Gasteiger partial charge in [0.1, 0.15) is 0 Å². The van der Waals surface area contributed by atoms with Crippen molar-refractivity contribution in [2.24, 2.45) is 0 Å². The molecule has 0 radical (unpaired) electrons. The number of benzene rings is 2. The monoisotopic (exact) mass is 404 g/mol. The van der Waals surface area contributed by atoms with Crippen LogP contribution in [0.25, 0.3) is 0 Å². The van der Waals surface area contributed by atoms with E-state index in [9.17, 15) is 22.8 Å². The summed E-state index contributed by atoms with van der Waals surface area (Å²) >= 11 is 0. The van der Waals surface area contributed by atoms with Crippen molar-refractivity contribution in [3.8, 4) is 0 Å². The fourth-order valence-electron chi connectivity index (χ4n) is 3.40. The molecule has 2 aromatic carbocycles.